The molecule has 1 aliphatic heterocycles. The van der Waals surface area contributed by atoms with Crippen LogP contribution in [0.15, 0.2) is 30.4 Å². The van der Waals surface area contributed by atoms with Crippen LogP contribution in [-0.2, 0) is 19.7 Å². The van der Waals surface area contributed by atoms with Gasteiger partial charge in [-0.1, -0.05) is 17.7 Å². The largest absolute Gasteiger partial charge is 0.495 e. The maximum absolute atomic E-state index is 12.4. The lowest BCUT2D eigenvalue weighted by molar-refractivity contribution is -0.150. The summed E-state index contributed by atoms with van der Waals surface area (Å²) >= 11 is 0. The molecule has 0 unspecified atom stereocenters. The van der Waals surface area contributed by atoms with Crippen molar-refractivity contribution in [2.75, 3.05) is 19.5 Å². The minimum absolute atomic E-state index is 0.200. The zero-order valence-corrected chi connectivity index (χ0v) is 11.8. The molecule has 5 heteroatoms. The first-order valence-electron chi connectivity index (χ1n) is 6.19. The topological polar surface area (TPSA) is 64.6 Å². The third-order valence-corrected chi connectivity index (χ3v) is 3.43. The monoisotopic (exact) mass is 275 g/mol. The number of anilines is 1. The highest BCUT2D eigenvalue weighted by Gasteiger charge is 2.54. The number of hydrogen-bond acceptors (Lipinski definition) is 4. The Morgan fingerprint density at radius 2 is 2.10 bits per heavy atom. The SMILES string of the molecule is C=C(C)C[C@@]1(C(=O)OC)C(=O)Nc2c(OC)cccc21. The first-order valence-corrected chi connectivity index (χ1v) is 6.19. The van der Waals surface area contributed by atoms with Gasteiger partial charge < -0.3 is 14.8 Å². The summed E-state index contributed by atoms with van der Waals surface area (Å²) in [6.45, 7) is 5.59. The molecule has 0 radical (unpaired) electrons. The molecule has 1 N–H and O–H groups in total. The number of amides is 1. The summed E-state index contributed by atoms with van der Waals surface area (Å²) in [7, 11) is 2.78. The summed E-state index contributed by atoms with van der Waals surface area (Å²) in [5, 5.41) is 2.72. The molecule has 1 amide bonds. The Labute approximate surface area is 117 Å². The molecule has 1 aromatic carbocycles. The second-order valence-electron chi connectivity index (χ2n) is 4.87. The van der Waals surface area contributed by atoms with Crippen molar-refractivity contribution in [1.82, 2.24) is 0 Å². The van der Waals surface area contributed by atoms with E-state index in [1.165, 1.54) is 14.2 Å². The summed E-state index contributed by atoms with van der Waals surface area (Å²) in [6, 6.07) is 5.21. The van der Waals surface area contributed by atoms with E-state index in [1.54, 1.807) is 25.1 Å². The minimum Gasteiger partial charge on any atom is -0.495 e. The fourth-order valence-corrected chi connectivity index (χ4v) is 2.61. The van der Waals surface area contributed by atoms with Crippen molar-refractivity contribution in [2.45, 2.75) is 18.8 Å². The predicted molar refractivity (Wildman–Crippen MR) is 74.7 cm³/mol. The fourth-order valence-electron chi connectivity index (χ4n) is 2.61. The number of rotatable bonds is 4. The molecule has 0 saturated carbocycles. The number of carbonyl (C=O) groups is 2. The number of allylic oxidation sites excluding steroid dienone is 1. The van der Waals surface area contributed by atoms with E-state index in [2.05, 4.69) is 11.9 Å². The molecule has 1 aromatic rings. The maximum atomic E-state index is 12.4. The van der Waals surface area contributed by atoms with Crippen molar-refractivity contribution >= 4 is 17.6 Å². The lowest BCUT2D eigenvalue weighted by atomic mass is 9.76. The van der Waals surface area contributed by atoms with Gasteiger partial charge in [0.1, 0.15) is 5.75 Å². The van der Waals surface area contributed by atoms with Crippen LogP contribution in [0, 0.1) is 0 Å². The van der Waals surface area contributed by atoms with Gasteiger partial charge in [-0.2, -0.15) is 0 Å². The highest BCUT2D eigenvalue weighted by atomic mass is 16.5. The molecule has 2 rings (SSSR count). The van der Waals surface area contributed by atoms with E-state index >= 15 is 0 Å². The van der Waals surface area contributed by atoms with Crippen LogP contribution in [0.25, 0.3) is 0 Å². The van der Waals surface area contributed by atoms with Crippen LogP contribution in [0.2, 0.25) is 0 Å². The molecule has 0 spiro atoms. The van der Waals surface area contributed by atoms with E-state index < -0.39 is 17.3 Å². The van der Waals surface area contributed by atoms with E-state index in [0.29, 0.717) is 17.0 Å². The van der Waals surface area contributed by atoms with Crippen LogP contribution in [0.5, 0.6) is 5.75 Å². The molecule has 20 heavy (non-hydrogen) atoms. The Balaban J connectivity index is 2.68. The van der Waals surface area contributed by atoms with Crippen LogP contribution in [0.3, 0.4) is 0 Å². The fraction of sp³-hybridized carbons (Fsp3) is 0.333. The van der Waals surface area contributed by atoms with Crippen molar-refractivity contribution in [3.8, 4) is 5.75 Å². The number of para-hydroxylation sites is 1. The molecular formula is C15H17NO4. The van der Waals surface area contributed by atoms with E-state index in [9.17, 15) is 9.59 Å². The lowest BCUT2D eigenvalue weighted by Gasteiger charge is -2.24. The van der Waals surface area contributed by atoms with Crippen molar-refractivity contribution in [3.05, 3.63) is 35.9 Å². The number of hydrogen-bond donors (Lipinski definition) is 1. The van der Waals surface area contributed by atoms with E-state index in [0.717, 1.165) is 5.57 Å². The number of fused-ring (bicyclic) bond motifs is 1. The molecule has 0 fully saturated rings. The number of carbonyl (C=O) groups excluding carboxylic acids is 2. The van der Waals surface area contributed by atoms with Crippen LogP contribution in [0.4, 0.5) is 5.69 Å². The van der Waals surface area contributed by atoms with Crippen LogP contribution in [0.1, 0.15) is 18.9 Å². The quantitative estimate of drug-likeness (QED) is 0.519. The average Bonchev–Trinajstić information content (AvgIpc) is 2.71. The summed E-state index contributed by atoms with van der Waals surface area (Å²) in [6.07, 6.45) is 0.200. The van der Waals surface area contributed by atoms with Gasteiger partial charge in [-0.3, -0.25) is 9.59 Å². The highest BCUT2D eigenvalue weighted by Crippen LogP contribution is 2.46. The number of benzene rings is 1. The number of ether oxygens (including phenoxy) is 2. The second kappa shape index (κ2) is 5.00. The Bertz CT molecular complexity index is 594. The molecule has 0 saturated heterocycles. The summed E-state index contributed by atoms with van der Waals surface area (Å²) < 4.78 is 10.1. The summed E-state index contributed by atoms with van der Waals surface area (Å²) in [5.74, 6) is -0.486. The molecule has 5 nitrogen and oxygen atoms in total. The summed E-state index contributed by atoms with van der Waals surface area (Å²) in [5.41, 5.74) is 0.425. The number of esters is 1. The molecular weight excluding hydrogens is 258 g/mol. The molecule has 1 atom stereocenters. The zero-order chi connectivity index (χ0) is 14.9. The average molecular weight is 275 g/mol. The van der Waals surface area contributed by atoms with Crippen LogP contribution in [-0.4, -0.2) is 26.1 Å². The standard InChI is InChI=1S/C15H17NO4/c1-9(2)8-15(14(18)20-4)10-6-5-7-11(19-3)12(10)16-13(15)17/h5-7H,1,8H2,2-4H3,(H,16,17)/t15-/m0/s1. The van der Waals surface area contributed by atoms with Crippen molar-refractivity contribution in [1.29, 1.82) is 0 Å². The first-order chi connectivity index (χ1) is 9.47. The van der Waals surface area contributed by atoms with Gasteiger partial charge >= 0.3 is 5.97 Å². The second-order valence-corrected chi connectivity index (χ2v) is 4.87. The van der Waals surface area contributed by atoms with Crippen molar-refractivity contribution in [3.63, 3.8) is 0 Å². The maximum Gasteiger partial charge on any atom is 0.326 e. The minimum atomic E-state index is -1.38. The smallest absolute Gasteiger partial charge is 0.326 e. The van der Waals surface area contributed by atoms with Crippen LogP contribution < -0.4 is 10.1 Å². The normalized spacial score (nSPS) is 20.1. The van der Waals surface area contributed by atoms with Gasteiger partial charge in [0.05, 0.1) is 19.9 Å². The third-order valence-electron chi connectivity index (χ3n) is 3.43. The predicted octanol–water partition coefficient (Wildman–Crippen LogP) is 2.02. The van der Waals surface area contributed by atoms with Gasteiger partial charge in [0.25, 0.3) is 0 Å². The number of methoxy groups -OCH3 is 2. The van der Waals surface area contributed by atoms with E-state index in [4.69, 9.17) is 9.47 Å². The first kappa shape index (κ1) is 14.1. The van der Waals surface area contributed by atoms with Gasteiger partial charge in [-0.15, -0.1) is 6.58 Å². The van der Waals surface area contributed by atoms with Gasteiger partial charge in [-0.25, -0.2) is 0 Å². The third kappa shape index (κ3) is 1.86. The number of nitrogens with one attached hydrogen (secondary N) is 1. The van der Waals surface area contributed by atoms with E-state index in [1.807, 2.05) is 0 Å². The van der Waals surface area contributed by atoms with Gasteiger partial charge in [0.2, 0.25) is 5.91 Å². The van der Waals surface area contributed by atoms with Crippen molar-refractivity contribution < 1.29 is 19.1 Å². The van der Waals surface area contributed by atoms with E-state index in [-0.39, 0.29) is 6.42 Å². The van der Waals surface area contributed by atoms with Crippen LogP contribution >= 0.6 is 0 Å². The Morgan fingerprint density at radius 1 is 1.40 bits per heavy atom. The van der Waals surface area contributed by atoms with Gasteiger partial charge in [0.15, 0.2) is 5.41 Å². The highest BCUT2D eigenvalue weighted by molar-refractivity contribution is 6.20. The van der Waals surface area contributed by atoms with Gasteiger partial charge in [-0.05, 0) is 19.4 Å². The van der Waals surface area contributed by atoms with Crippen molar-refractivity contribution in [2.24, 2.45) is 0 Å². The molecule has 106 valence electrons. The molecule has 1 aliphatic rings. The molecule has 0 aliphatic carbocycles. The molecule has 1 heterocycles. The molecule has 0 aromatic heterocycles. The Kier molecular flexibility index (Phi) is 3.53. The Hall–Kier alpha value is -2.30. The lowest BCUT2D eigenvalue weighted by Crippen LogP contribution is -2.43. The van der Waals surface area contributed by atoms with Gasteiger partial charge in [0, 0.05) is 5.56 Å². The zero-order valence-electron chi connectivity index (χ0n) is 11.8. The summed E-state index contributed by atoms with van der Waals surface area (Å²) in [4.78, 5) is 24.7. The Morgan fingerprint density at radius 3 is 2.65 bits per heavy atom. The molecule has 0 bridgehead atoms.